The quantitative estimate of drug-likeness (QED) is 0.831. The van der Waals surface area contributed by atoms with Crippen molar-refractivity contribution >= 4 is 11.6 Å². The zero-order valence-electron chi connectivity index (χ0n) is 13.0. The molecule has 0 spiro atoms. The molecule has 1 amide bonds. The molecular weight excluding hydrogens is 280 g/mol. The number of hydrogen-bond acceptors (Lipinski definition) is 4. The molecule has 3 N–H and O–H groups in total. The zero-order chi connectivity index (χ0) is 15.9. The van der Waals surface area contributed by atoms with Gasteiger partial charge in [0.15, 0.2) is 0 Å². The third-order valence-corrected chi connectivity index (χ3v) is 3.73. The van der Waals surface area contributed by atoms with Crippen LogP contribution in [0, 0.1) is 0 Å². The first-order valence-electron chi connectivity index (χ1n) is 7.21. The van der Waals surface area contributed by atoms with Crippen LogP contribution in [0.1, 0.15) is 42.4 Å². The van der Waals surface area contributed by atoms with Gasteiger partial charge in [0.2, 0.25) is 0 Å². The van der Waals surface area contributed by atoms with Crippen LogP contribution in [0.4, 0.5) is 5.69 Å². The number of benzene rings is 1. The van der Waals surface area contributed by atoms with Crippen molar-refractivity contribution in [3.8, 4) is 5.75 Å². The molecule has 1 atom stereocenters. The van der Waals surface area contributed by atoms with Gasteiger partial charge in [0, 0.05) is 30.9 Å². The fourth-order valence-electron chi connectivity index (χ4n) is 2.76. The first kappa shape index (κ1) is 14.4. The lowest BCUT2D eigenvalue weighted by molar-refractivity contribution is 0.0618. The van der Waals surface area contributed by atoms with Crippen LogP contribution < -0.4 is 15.8 Å². The lowest BCUT2D eigenvalue weighted by Gasteiger charge is -2.38. The molecule has 0 bridgehead atoms. The summed E-state index contributed by atoms with van der Waals surface area (Å²) in [7, 11) is 1.83. The standard InChI is InChI=1S/C16H20N4O2/c1-16(2)7-12(11-6-10(17)4-5-14(11)22-16)19-15(21)13-8-20(3)9-18-13/h4-6,8-9,12H,7,17H2,1-3H3,(H,19,21). The second kappa shape index (κ2) is 5.05. The Morgan fingerprint density at radius 1 is 1.50 bits per heavy atom. The van der Waals surface area contributed by atoms with Crippen LogP contribution in [0.3, 0.4) is 0 Å². The molecule has 0 saturated heterocycles. The number of carbonyl (C=O) groups excluding carboxylic acids is 1. The maximum atomic E-state index is 12.4. The Morgan fingerprint density at radius 3 is 2.95 bits per heavy atom. The molecule has 2 aromatic rings. The monoisotopic (exact) mass is 300 g/mol. The van der Waals surface area contributed by atoms with Crippen LogP contribution >= 0.6 is 0 Å². The number of nitrogens with zero attached hydrogens (tertiary/aromatic N) is 2. The van der Waals surface area contributed by atoms with Gasteiger partial charge in [-0.15, -0.1) is 0 Å². The minimum Gasteiger partial charge on any atom is -0.487 e. The SMILES string of the molecule is Cn1cnc(C(=O)NC2CC(C)(C)Oc3ccc(N)cc32)c1. The van der Waals surface area contributed by atoms with E-state index in [-0.39, 0.29) is 17.6 Å². The second-order valence-electron chi connectivity index (χ2n) is 6.31. The van der Waals surface area contributed by atoms with Gasteiger partial charge in [-0.1, -0.05) is 0 Å². The van der Waals surface area contributed by atoms with Gasteiger partial charge in [0.25, 0.3) is 5.91 Å². The van der Waals surface area contributed by atoms with E-state index in [9.17, 15) is 4.79 Å². The Balaban J connectivity index is 1.90. The van der Waals surface area contributed by atoms with Crippen LogP contribution in [-0.4, -0.2) is 21.1 Å². The Hall–Kier alpha value is -2.50. The van der Waals surface area contributed by atoms with Gasteiger partial charge in [-0.2, -0.15) is 0 Å². The van der Waals surface area contributed by atoms with Gasteiger partial charge in [0.1, 0.15) is 17.0 Å². The van der Waals surface area contributed by atoms with Gasteiger partial charge in [-0.05, 0) is 32.0 Å². The number of aromatic nitrogens is 2. The van der Waals surface area contributed by atoms with E-state index in [4.69, 9.17) is 10.5 Å². The fourth-order valence-corrected chi connectivity index (χ4v) is 2.76. The molecule has 116 valence electrons. The molecule has 22 heavy (non-hydrogen) atoms. The molecule has 1 aliphatic heterocycles. The predicted molar refractivity (Wildman–Crippen MR) is 83.6 cm³/mol. The van der Waals surface area contributed by atoms with Crippen LogP contribution in [0.5, 0.6) is 5.75 Å². The first-order valence-corrected chi connectivity index (χ1v) is 7.21. The molecule has 2 heterocycles. The molecule has 6 nitrogen and oxygen atoms in total. The van der Waals surface area contributed by atoms with E-state index in [2.05, 4.69) is 10.3 Å². The highest BCUT2D eigenvalue weighted by molar-refractivity contribution is 5.92. The molecule has 0 radical (unpaired) electrons. The van der Waals surface area contributed by atoms with Crippen molar-refractivity contribution in [2.24, 2.45) is 7.05 Å². The number of imidazole rings is 1. The summed E-state index contributed by atoms with van der Waals surface area (Å²) >= 11 is 0. The maximum absolute atomic E-state index is 12.4. The predicted octanol–water partition coefficient (Wildman–Crippen LogP) is 2.03. The molecular formula is C16H20N4O2. The Kier molecular flexibility index (Phi) is 3.31. The van der Waals surface area contributed by atoms with Crippen LogP contribution in [-0.2, 0) is 7.05 Å². The number of ether oxygens (including phenoxy) is 1. The van der Waals surface area contributed by atoms with E-state index in [0.717, 1.165) is 11.3 Å². The van der Waals surface area contributed by atoms with Gasteiger partial charge < -0.3 is 20.4 Å². The highest BCUT2D eigenvalue weighted by Gasteiger charge is 2.35. The van der Waals surface area contributed by atoms with Crippen LogP contribution in [0.25, 0.3) is 0 Å². The van der Waals surface area contributed by atoms with E-state index in [0.29, 0.717) is 17.8 Å². The summed E-state index contributed by atoms with van der Waals surface area (Å²) in [5.74, 6) is 0.563. The molecule has 1 aliphatic rings. The molecule has 0 aliphatic carbocycles. The number of nitrogens with two attached hydrogens (primary N) is 1. The molecule has 0 saturated carbocycles. The lowest BCUT2D eigenvalue weighted by Crippen LogP contribution is -2.41. The highest BCUT2D eigenvalue weighted by atomic mass is 16.5. The Morgan fingerprint density at radius 2 is 2.27 bits per heavy atom. The van der Waals surface area contributed by atoms with Crippen molar-refractivity contribution in [1.29, 1.82) is 0 Å². The number of amides is 1. The maximum Gasteiger partial charge on any atom is 0.271 e. The molecule has 0 fully saturated rings. The third kappa shape index (κ3) is 2.77. The number of fused-ring (bicyclic) bond motifs is 1. The number of carbonyl (C=O) groups is 1. The Labute approximate surface area is 129 Å². The molecule has 1 unspecified atom stereocenters. The average molecular weight is 300 g/mol. The van der Waals surface area contributed by atoms with Crippen molar-refractivity contribution < 1.29 is 9.53 Å². The largest absolute Gasteiger partial charge is 0.487 e. The minimum atomic E-state index is -0.356. The average Bonchev–Trinajstić information content (AvgIpc) is 2.85. The summed E-state index contributed by atoms with van der Waals surface area (Å²) in [5, 5.41) is 3.04. The van der Waals surface area contributed by atoms with Crippen molar-refractivity contribution in [3.05, 3.63) is 42.0 Å². The van der Waals surface area contributed by atoms with Crippen molar-refractivity contribution in [2.75, 3.05) is 5.73 Å². The summed E-state index contributed by atoms with van der Waals surface area (Å²) in [6.45, 7) is 4.01. The van der Waals surface area contributed by atoms with E-state index in [1.807, 2.05) is 33.0 Å². The summed E-state index contributed by atoms with van der Waals surface area (Å²) < 4.78 is 7.71. The number of hydrogen-bond donors (Lipinski definition) is 2. The second-order valence-corrected chi connectivity index (χ2v) is 6.31. The smallest absolute Gasteiger partial charge is 0.271 e. The van der Waals surface area contributed by atoms with Crippen molar-refractivity contribution in [1.82, 2.24) is 14.9 Å². The fraction of sp³-hybridized carbons (Fsp3) is 0.375. The van der Waals surface area contributed by atoms with E-state index >= 15 is 0 Å². The first-order chi connectivity index (χ1) is 10.3. The molecule has 1 aromatic heterocycles. The molecule has 3 rings (SSSR count). The topological polar surface area (TPSA) is 82.2 Å². The minimum absolute atomic E-state index is 0.156. The number of rotatable bonds is 2. The third-order valence-electron chi connectivity index (χ3n) is 3.73. The number of nitrogens with one attached hydrogen (secondary N) is 1. The molecule has 6 heteroatoms. The lowest BCUT2D eigenvalue weighted by atomic mass is 9.89. The highest BCUT2D eigenvalue weighted by Crippen LogP contribution is 2.40. The van der Waals surface area contributed by atoms with E-state index in [1.165, 1.54) is 0 Å². The Bertz CT molecular complexity index is 721. The van der Waals surface area contributed by atoms with Crippen LogP contribution in [0.15, 0.2) is 30.7 Å². The van der Waals surface area contributed by atoms with Crippen molar-refractivity contribution in [3.63, 3.8) is 0 Å². The van der Waals surface area contributed by atoms with Gasteiger partial charge >= 0.3 is 0 Å². The van der Waals surface area contributed by atoms with Gasteiger partial charge in [-0.3, -0.25) is 4.79 Å². The van der Waals surface area contributed by atoms with Crippen molar-refractivity contribution in [2.45, 2.75) is 31.9 Å². The summed E-state index contributed by atoms with van der Waals surface area (Å²) in [4.78, 5) is 16.5. The van der Waals surface area contributed by atoms with E-state index < -0.39 is 0 Å². The number of anilines is 1. The number of aryl methyl sites for hydroxylation is 1. The zero-order valence-corrected chi connectivity index (χ0v) is 13.0. The summed E-state index contributed by atoms with van der Waals surface area (Å²) in [6.07, 6.45) is 3.97. The normalized spacial score (nSPS) is 19.1. The van der Waals surface area contributed by atoms with E-state index in [1.54, 1.807) is 23.2 Å². The van der Waals surface area contributed by atoms with Gasteiger partial charge in [0.05, 0.1) is 12.4 Å². The van der Waals surface area contributed by atoms with Gasteiger partial charge in [-0.25, -0.2) is 4.98 Å². The van der Waals surface area contributed by atoms with Crippen LogP contribution in [0.2, 0.25) is 0 Å². The number of nitrogen functional groups attached to an aromatic ring is 1. The molecule has 1 aromatic carbocycles. The summed E-state index contributed by atoms with van der Waals surface area (Å²) in [6, 6.07) is 5.36. The summed E-state index contributed by atoms with van der Waals surface area (Å²) in [5.41, 5.74) is 7.48.